The Balaban J connectivity index is 1.18. The molecule has 5 rings (SSSR count). The van der Waals surface area contributed by atoms with Gasteiger partial charge < -0.3 is 14.7 Å². The van der Waals surface area contributed by atoms with Crippen molar-refractivity contribution in [1.82, 2.24) is 9.80 Å². The number of hydrogen-bond acceptors (Lipinski definition) is 4. The van der Waals surface area contributed by atoms with E-state index in [0.717, 1.165) is 25.6 Å². The lowest BCUT2D eigenvalue weighted by atomic mass is 9.49. The van der Waals surface area contributed by atoms with Crippen molar-refractivity contribution in [2.75, 3.05) is 45.9 Å². The van der Waals surface area contributed by atoms with Gasteiger partial charge in [-0.1, -0.05) is 26.3 Å². The van der Waals surface area contributed by atoms with Crippen LogP contribution in [0.1, 0.15) is 58.8 Å². The fourth-order valence-electron chi connectivity index (χ4n) is 6.06. The molecular formula is C23H40N2O2. The van der Waals surface area contributed by atoms with Crippen LogP contribution < -0.4 is 0 Å². The zero-order valence-electron chi connectivity index (χ0n) is 17.5. The third-order valence-electron chi connectivity index (χ3n) is 8.02. The summed E-state index contributed by atoms with van der Waals surface area (Å²) in [5, 5.41) is 10.5. The van der Waals surface area contributed by atoms with E-state index in [-0.39, 0.29) is 6.10 Å². The van der Waals surface area contributed by atoms with Crippen molar-refractivity contribution < 1.29 is 9.84 Å². The fourth-order valence-corrected chi connectivity index (χ4v) is 6.06. The molecule has 0 spiro atoms. The SMILES string of the molecule is CC1(C)C2CC=C(COCC(O)CN3CCCC3CN3CCCCC3)C1C2. The molecule has 1 N–H and O–H groups in total. The Morgan fingerprint density at radius 1 is 1.19 bits per heavy atom. The molecule has 154 valence electrons. The zero-order valence-corrected chi connectivity index (χ0v) is 17.5. The lowest BCUT2D eigenvalue weighted by Crippen LogP contribution is -2.49. The van der Waals surface area contributed by atoms with Gasteiger partial charge in [0.05, 0.1) is 19.3 Å². The number of aliphatic hydroxyl groups is 1. The highest BCUT2D eigenvalue weighted by atomic mass is 16.5. The predicted octanol–water partition coefficient (Wildman–Crippen LogP) is 3.31. The van der Waals surface area contributed by atoms with Gasteiger partial charge in [-0.05, 0) is 81.0 Å². The Hall–Kier alpha value is -0.420. The summed E-state index contributed by atoms with van der Waals surface area (Å²) in [6.07, 6.45) is 11.3. The van der Waals surface area contributed by atoms with Crippen molar-refractivity contribution in [1.29, 1.82) is 0 Å². The number of ether oxygens (including phenoxy) is 1. The molecule has 0 aromatic rings. The van der Waals surface area contributed by atoms with E-state index in [1.165, 1.54) is 70.2 Å². The van der Waals surface area contributed by atoms with Crippen molar-refractivity contribution in [3.8, 4) is 0 Å². The normalized spacial score (nSPS) is 34.9. The largest absolute Gasteiger partial charge is 0.389 e. The van der Waals surface area contributed by atoms with Gasteiger partial charge in [0.25, 0.3) is 0 Å². The maximum absolute atomic E-state index is 10.5. The summed E-state index contributed by atoms with van der Waals surface area (Å²) in [4.78, 5) is 5.15. The van der Waals surface area contributed by atoms with Crippen LogP contribution in [-0.2, 0) is 4.74 Å². The minimum absolute atomic E-state index is 0.363. The molecule has 2 heterocycles. The first-order valence-electron chi connectivity index (χ1n) is 11.4. The maximum Gasteiger partial charge on any atom is 0.0900 e. The first kappa shape index (κ1) is 19.9. The number of rotatable bonds is 8. The predicted molar refractivity (Wildman–Crippen MR) is 110 cm³/mol. The second-order valence-electron chi connectivity index (χ2n) is 10.1. The summed E-state index contributed by atoms with van der Waals surface area (Å²) in [6, 6.07) is 0.631. The van der Waals surface area contributed by atoms with Crippen molar-refractivity contribution in [2.24, 2.45) is 17.3 Å². The molecule has 4 atom stereocenters. The standard InChI is InChI=1S/C23H40N2O2/c1-23(2)19-9-8-18(22(23)13-19)16-27-17-21(26)15-25-12-6-7-20(25)14-24-10-4-3-5-11-24/h8,19-22,26H,3-7,9-17H2,1-2H3. The average Bonchev–Trinajstić information content (AvgIpc) is 3.09. The van der Waals surface area contributed by atoms with Crippen molar-refractivity contribution in [2.45, 2.75) is 70.9 Å². The van der Waals surface area contributed by atoms with Crippen LogP contribution in [0.15, 0.2) is 11.6 Å². The summed E-state index contributed by atoms with van der Waals surface area (Å²) in [5.74, 6) is 1.59. The molecule has 27 heavy (non-hydrogen) atoms. The van der Waals surface area contributed by atoms with Crippen LogP contribution in [0.3, 0.4) is 0 Å². The lowest BCUT2D eigenvalue weighted by Gasteiger charge is -2.56. The number of allylic oxidation sites excluding steroid dienone is 1. The van der Waals surface area contributed by atoms with E-state index in [1.807, 2.05) is 0 Å². The van der Waals surface area contributed by atoms with Crippen LogP contribution >= 0.6 is 0 Å². The number of β-amino-alcohol motifs (C(OH)–C–C–N with tert-alkyl or cyclic N) is 1. The van der Waals surface area contributed by atoms with Gasteiger partial charge in [0.1, 0.15) is 0 Å². The van der Waals surface area contributed by atoms with E-state index < -0.39 is 0 Å². The molecule has 4 nitrogen and oxygen atoms in total. The molecule has 1 saturated carbocycles. The van der Waals surface area contributed by atoms with Crippen LogP contribution in [0, 0.1) is 17.3 Å². The first-order chi connectivity index (χ1) is 13.0. The van der Waals surface area contributed by atoms with E-state index >= 15 is 0 Å². The molecule has 4 unspecified atom stereocenters. The monoisotopic (exact) mass is 376 g/mol. The molecule has 4 heteroatoms. The van der Waals surface area contributed by atoms with Crippen LogP contribution in [0.25, 0.3) is 0 Å². The van der Waals surface area contributed by atoms with Gasteiger partial charge in [0.2, 0.25) is 0 Å². The summed E-state index contributed by atoms with van der Waals surface area (Å²) >= 11 is 0. The molecule has 0 amide bonds. The highest BCUT2D eigenvalue weighted by Crippen LogP contribution is 2.59. The Bertz CT molecular complexity index is 526. The average molecular weight is 377 g/mol. The highest BCUT2D eigenvalue weighted by molar-refractivity contribution is 5.23. The van der Waals surface area contributed by atoms with E-state index in [1.54, 1.807) is 0 Å². The van der Waals surface area contributed by atoms with Gasteiger partial charge in [-0.25, -0.2) is 0 Å². The molecule has 0 aromatic heterocycles. The Morgan fingerprint density at radius 3 is 2.74 bits per heavy atom. The Kier molecular flexibility index (Phi) is 6.28. The molecule has 2 bridgehead atoms. The first-order valence-corrected chi connectivity index (χ1v) is 11.4. The van der Waals surface area contributed by atoms with Gasteiger partial charge in [-0.3, -0.25) is 4.90 Å². The van der Waals surface area contributed by atoms with Gasteiger partial charge in [-0.15, -0.1) is 0 Å². The van der Waals surface area contributed by atoms with Gasteiger partial charge in [0.15, 0.2) is 0 Å². The Morgan fingerprint density at radius 2 is 2.00 bits per heavy atom. The van der Waals surface area contributed by atoms with E-state index in [4.69, 9.17) is 4.74 Å². The van der Waals surface area contributed by atoms with Gasteiger partial charge >= 0.3 is 0 Å². The summed E-state index contributed by atoms with van der Waals surface area (Å²) in [6.45, 7) is 11.6. The zero-order chi connectivity index (χ0) is 18.9. The number of piperidine rings is 1. The summed E-state index contributed by atoms with van der Waals surface area (Å²) < 4.78 is 5.96. The third-order valence-corrected chi connectivity index (χ3v) is 8.02. The van der Waals surface area contributed by atoms with Crippen LogP contribution in [0.5, 0.6) is 0 Å². The highest BCUT2D eigenvalue weighted by Gasteiger charge is 2.50. The van der Waals surface area contributed by atoms with Crippen LogP contribution in [0.2, 0.25) is 0 Å². The quantitative estimate of drug-likeness (QED) is 0.660. The molecule has 3 fully saturated rings. The fraction of sp³-hybridized carbons (Fsp3) is 0.913. The van der Waals surface area contributed by atoms with E-state index in [2.05, 4.69) is 29.7 Å². The topological polar surface area (TPSA) is 35.9 Å². The van der Waals surface area contributed by atoms with Crippen LogP contribution in [0.4, 0.5) is 0 Å². The number of fused-ring (bicyclic) bond motifs is 1. The number of aliphatic hydroxyl groups excluding tert-OH is 1. The van der Waals surface area contributed by atoms with Gasteiger partial charge in [-0.2, -0.15) is 0 Å². The number of likely N-dealkylation sites (tertiary alicyclic amines) is 2. The summed E-state index contributed by atoms with van der Waals surface area (Å²) in [7, 11) is 0. The van der Waals surface area contributed by atoms with Crippen LogP contribution in [-0.4, -0.2) is 73.0 Å². The maximum atomic E-state index is 10.5. The third kappa shape index (κ3) is 4.44. The second kappa shape index (κ2) is 8.52. The van der Waals surface area contributed by atoms with E-state index in [9.17, 15) is 5.11 Å². The number of nitrogens with zero attached hydrogens (tertiary/aromatic N) is 2. The molecule has 3 aliphatic carbocycles. The molecule has 2 aliphatic heterocycles. The molecule has 5 aliphatic rings. The summed E-state index contributed by atoms with van der Waals surface area (Å²) in [5.41, 5.74) is 1.95. The number of hydrogen-bond donors (Lipinski definition) is 1. The molecule has 2 saturated heterocycles. The van der Waals surface area contributed by atoms with Crippen molar-refractivity contribution in [3.05, 3.63) is 11.6 Å². The lowest BCUT2D eigenvalue weighted by molar-refractivity contribution is -0.0269. The van der Waals surface area contributed by atoms with E-state index in [0.29, 0.717) is 24.0 Å². The minimum Gasteiger partial charge on any atom is -0.389 e. The van der Waals surface area contributed by atoms with Crippen molar-refractivity contribution in [3.63, 3.8) is 0 Å². The molecular weight excluding hydrogens is 336 g/mol. The van der Waals surface area contributed by atoms with Gasteiger partial charge in [0, 0.05) is 19.1 Å². The Labute approximate surface area is 165 Å². The molecule has 0 radical (unpaired) electrons. The molecule has 0 aromatic carbocycles. The van der Waals surface area contributed by atoms with Crippen molar-refractivity contribution >= 4 is 0 Å². The second-order valence-corrected chi connectivity index (χ2v) is 10.1. The minimum atomic E-state index is -0.363. The smallest absolute Gasteiger partial charge is 0.0900 e.